The van der Waals surface area contributed by atoms with Crippen LogP contribution in [0.15, 0.2) is 41.4 Å². The third-order valence-corrected chi connectivity index (χ3v) is 6.79. The van der Waals surface area contributed by atoms with Gasteiger partial charge in [0.1, 0.15) is 6.17 Å². The van der Waals surface area contributed by atoms with Crippen molar-refractivity contribution in [1.82, 2.24) is 20.2 Å². The van der Waals surface area contributed by atoms with Gasteiger partial charge in [0.25, 0.3) is 5.91 Å². The largest absolute Gasteiger partial charge is 0.314 e. The average Bonchev–Trinajstić information content (AvgIpc) is 3.10. The Morgan fingerprint density at radius 1 is 1.48 bits per heavy atom. The topological polar surface area (TPSA) is 62.7 Å². The minimum atomic E-state index is -0.211. The zero-order valence-electron chi connectivity index (χ0n) is 15.9. The quantitative estimate of drug-likeness (QED) is 0.584. The smallest absolute Gasteiger partial charge is 0.265 e. The summed E-state index contributed by atoms with van der Waals surface area (Å²) in [5, 5.41) is 11.6. The van der Waals surface area contributed by atoms with Crippen LogP contribution in [0.3, 0.4) is 0 Å². The van der Waals surface area contributed by atoms with Gasteiger partial charge in [0, 0.05) is 18.7 Å². The number of likely N-dealkylation sites (tertiary alicyclic amines) is 1. The maximum Gasteiger partial charge on any atom is 0.265 e. The van der Waals surface area contributed by atoms with Crippen molar-refractivity contribution in [2.24, 2.45) is 0 Å². The van der Waals surface area contributed by atoms with Crippen molar-refractivity contribution in [3.05, 3.63) is 46.3 Å². The first-order valence-electron chi connectivity index (χ1n) is 9.52. The molecule has 2 unspecified atom stereocenters. The van der Waals surface area contributed by atoms with Gasteiger partial charge < -0.3 is 15.2 Å². The molecule has 0 bridgehead atoms. The highest BCUT2D eigenvalue weighted by Gasteiger charge is 2.48. The van der Waals surface area contributed by atoms with Gasteiger partial charge in [-0.3, -0.25) is 9.80 Å². The lowest BCUT2D eigenvalue weighted by atomic mass is 10.0. The molecule has 1 saturated heterocycles. The van der Waals surface area contributed by atoms with Gasteiger partial charge in [-0.2, -0.15) is 0 Å². The lowest BCUT2D eigenvalue weighted by Crippen LogP contribution is -2.57. The third-order valence-electron chi connectivity index (χ3n) is 5.93. The molecule has 0 spiro atoms. The van der Waals surface area contributed by atoms with Crippen LogP contribution in [0.25, 0.3) is 0 Å². The number of carbonyl (C=O) groups is 1. The first-order chi connectivity index (χ1) is 13.0. The molecule has 2 N–H and O–H groups in total. The Bertz CT molecular complexity index is 765. The minimum Gasteiger partial charge on any atom is -0.314 e. The predicted octanol–water partition coefficient (Wildman–Crippen LogP) is 2.68. The molecule has 0 saturated carbocycles. The SMILES string of the molecule is CC1=CC1(CC=N)N1C=CC(N(C(=O)c2cccs2)C2CCN(C)CC2)N1. The molecule has 4 rings (SSSR count). The standard InChI is InChI=1S/C20H27N5OS/c1-15-14-20(15,8-9-21)24-12-7-18(22-24)25(16-5-10-23(2)11-6-16)19(26)17-4-3-13-27-17/h3-4,7,9,12-14,16,18,21-22H,5-6,8,10-11H2,1-2H3. The Hall–Kier alpha value is -1.96. The van der Waals surface area contributed by atoms with E-state index in [9.17, 15) is 4.79 Å². The van der Waals surface area contributed by atoms with Crippen molar-refractivity contribution in [2.45, 2.75) is 43.9 Å². The maximum atomic E-state index is 13.3. The van der Waals surface area contributed by atoms with Crippen LogP contribution in [0.5, 0.6) is 0 Å². The van der Waals surface area contributed by atoms with E-state index in [0.717, 1.165) is 30.8 Å². The molecule has 27 heavy (non-hydrogen) atoms. The number of thiophene rings is 1. The fourth-order valence-corrected chi connectivity index (χ4v) is 4.84. The number of hydrogen-bond acceptors (Lipinski definition) is 6. The Balaban J connectivity index is 1.54. The average molecular weight is 386 g/mol. The van der Waals surface area contributed by atoms with Gasteiger partial charge in [0.15, 0.2) is 0 Å². The third kappa shape index (κ3) is 3.35. The highest BCUT2D eigenvalue weighted by atomic mass is 32.1. The summed E-state index contributed by atoms with van der Waals surface area (Å²) in [5.41, 5.74) is 4.58. The first kappa shape index (κ1) is 18.4. The summed E-state index contributed by atoms with van der Waals surface area (Å²) in [4.78, 5) is 18.5. The van der Waals surface area contributed by atoms with Gasteiger partial charge in [0.2, 0.25) is 0 Å². The van der Waals surface area contributed by atoms with E-state index in [-0.39, 0.29) is 23.7 Å². The predicted molar refractivity (Wildman–Crippen MR) is 109 cm³/mol. The molecule has 1 aliphatic carbocycles. The molecule has 2 aliphatic heterocycles. The number of carbonyl (C=O) groups excluding carboxylic acids is 1. The summed E-state index contributed by atoms with van der Waals surface area (Å²) in [6.07, 6.45) is 10.2. The molecule has 7 heteroatoms. The monoisotopic (exact) mass is 385 g/mol. The molecule has 0 radical (unpaired) electrons. The zero-order chi connectivity index (χ0) is 19.0. The number of amides is 1. The number of piperidine rings is 1. The van der Waals surface area contributed by atoms with Gasteiger partial charge in [-0.25, -0.2) is 5.43 Å². The molecule has 1 aromatic rings. The van der Waals surface area contributed by atoms with Crippen molar-refractivity contribution in [2.75, 3.05) is 20.1 Å². The van der Waals surface area contributed by atoms with E-state index < -0.39 is 0 Å². The maximum absolute atomic E-state index is 13.3. The van der Waals surface area contributed by atoms with E-state index >= 15 is 0 Å². The lowest BCUT2D eigenvalue weighted by molar-refractivity contribution is 0.0369. The Morgan fingerprint density at radius 2 is 2.22 bits per heavy atom. The van der Waals surface area contributed by atoms with Crippen LogP contribution in [-0.2, 0) is 0 Å². The molecule has 3 heterocycles. The molecule has 6 nitrogen and oxygen atoms in total. The van der Waals surface area contributed by atoms with E-state index in [1.807, 2.05) is 28.6 Å². The number of rotatable bonds is 6. The molecule has 0 aromatic carbocycles. The second kappa shape index (κ2) is 7.22. The number of nitrogens with one attached hydrogen (secondary N) is 2. The Morgan fingerprint density at radius 3 is 2.81 bits per heavy atom. The highest BCUT2D eigenvalue weighted by molar-refractivity contribution is 7.12. The van der Waals surface area contributed by atoms with Gasteiger partial charge in [-0.15, -0.1) is 11.3 Å². The number of hydrazine groups is 1. The van der Waals surface area contributed by atoms with Crippen molar-refractivity contribution >= 4 is 23.5 Å². The van der Waals surface area contributed by atoms with Gasteiger partial charge in [-0.05, 0) is 69.2 Å². The number of hydrogen-bond donors (Lipinski definition) is 2. The van der Waals surface area contributed by atoms with E-state index in [0.29, 0.717) is 6.42 Å². The van der Waals surface area contributed by atoms with Crippen LogP contribution in [0, 0.1) is 5.41 Å². The zero-order valence-corrected chi connectivity index (χ0v) is 16.7. The summed E-state index contributed by atoms with van der Waals surface area (Å²) in [6.45, 7) is 4.12. The summed E-state index contributed by atoms with van der Waals surface area (Å²) < 4.78 is 0. The normalized spacial score (nSPS) is 28.3. The molecule has 2 atom stereocenters. The van der Waals surface area contributed by atoms with Crippen molar-refractivity contribution < 1.29 is 4.79 Å². The van der Waals surface area contributed by atoms with Crippen molar-refractivity contribution in [3.63, 3.8) is 0 Å². The summed E-state index contributed by atoms with van der Waals surface area (Å²) in [7, 11) is 2.14. The van der Waals surface area contributed by atoms with Crippen molar-refractivity contribution in [3.8, 4) is 0 Å². The Labute approximate surface area is 164 Å². The van der Waals surface area contributed by atoms with Crippen LogP contribution >= 0.6 is 11.3 Å². The fourth-order valence-electron chi connectivity index (χ4n) is 4.17. The summed E-state index contributed by atoms with van der Waals surface area (Å²) in [5.74, 6) is 0.102. The van der Waals surface area contributed by atoms with Crippen molar-refractivity contribution in [1.29, 1.82) is 5.41 Å². The molecular weight excluding hydrogens is 358 g/mol. The molecule has 1 amide bonds. The van der Waals surface area contributed by atoms with Crippen LogP contribution < -0.4 is 5.43 Å². The second-order valence-electron chi connectivity index (χ2n) is 7.67. The fraction of sp³-hybridized carbons (Fsp3) is 0.500. The van der Waals surface area contributed by atoms with Crippen LogP contribution in [-0.4, -0.2) is 64.8 Å². The van der Waals surface area contributed by atoms with E-state index in [1.165, 1.54) is 23.1 Å². The van der Waals surface area contributed by atoms with E-state index in [4.69, 9.17) is 5.41 Å². The molecule has 3 aliphatic rings. The molecule has 1 aromatic heterocycles. The molecular formula is C20H27N5OS. The second-order valence-corrected chi connectivity index (χ2v) is 8.62. The summed E-state index contributed by atoms with van der Waals surface area (Å²) in [6, 6.07) is 4.07. The van der Waals surface area contributed by atoms with E-state index in [2.05, 4.69) is 41.5 Å². The Kier molecular flexibility index (Phi) is 4.92. The van der Waals surface area contributed by atoms with Gasteiger partial charge in [-0.1, -0.05) is 12.1 Å². The first-order valence-corrected chi connectivity index (χ1v) is 10.4. The van der Waals surface area contributed by atoms with Crippen LogP contribution in [0.1, 0.15) is 35.9 Å². The van der Waals surface area contributed by atoms with Gasteiger partial charge >= 0.3 is 0 Å². The van der Waals surface area contributed by atoms with Crippen LogP contribution in [0.4, 0.5) is 0 Å². The van der Waals surface area contributed by atoms with E-state index in [1.54, 1.807) is 0 Å². The van der Waals surface area contributed by atoms with Gasteiger partial charge in [0.05, 0.1) is 10.4 Å². The van der Waals surface area contributed by atoms with Crippen LogP contribution in [0.2, 0.25) is 0 Å². The lowest BCUT2D eigenvalue weighted by Gasteiger charge is -2.41. The molecule has 144 valence electrons. The highest BCUT2D eigenvalue weighted by Crippen LogP contribution is 2.43. The minimum absolute atomic E-state index is 0.102. The number of nitrogens with zero attached hydrogens (tertiary/aromatic N) is 3. The molecule has 1 fully saturated rings. The summed E-state index contributed by atoms with van der Waals surface area (Å²) >= 11 is 1.50.